The SMILES string of the molecule is CCCCC[C@H](CC1CCC(O)C(O[C@@H]2CCC[C@H](NC(N)=NCCCC3CCNC(N)C3)C2)C1)[C@@H]1C[C@@H](OC(C)=O)C[C@@H](C2CC(O)C(O)C(OCCC3CCCNC3)C2)O1. The second kappa shape index (κ2) is 25.9. The van der Waals surface area contributed by atoms with Gasteiger partial charge in [0.25, 0.3) is 0 Å². The number of nitrogens with one attached hydrogen (secondary N) is 3. The van der Waals surface area contributed by atoms with Crippen molar-refractivity contribution in [3.63, 3.8) is 0 Å². The summed E-state index contributed by atoms with van der Waals surface area (Å²) in [6.45, 7) is 8.08. The van der Waals surface area contributed by atoms with Crippen molar-refractivity contribution < 1.29 is 39.1 Å². The van der Waals surface area contributed by atoms with Gasteiger partial charge in [0.15, 0.2) is 5.96 Å². The Balaban J connectivity index is 1.03. The summed E-state index contributed by atoms with van der Waals surface area (Å²) in [6, 6.07) is 0.204. The third-order valence-electron chi connectivity index (χ3n) is 15.5. The highest BCUT2D eigenvalue weighted by molar-refractivity contribution is 5.78. The number of ether oxygens (including phenoxy) is 4. The van der Waals surface area contributed by atoms with Crippen molar-refractivity contribution in [1.29, 1.82) is 0 Å². The monoisotopic (exact) mass is 877 g/mol. The van der Waals surface area contributed by atoms with Gasteiger partial charge in [-0.3, -0.25) is 9.79 Å². The van der Waals surface area contributed by atoms with Gasteiger partial charge in [-0.05, 0) is 165 Å². The molecule has 0 aromatic carbocycles. The summed E-state index contributed by atoms with van der Waals surface area (Å²) in [5.41, 5.74) is 12.5. The van der Waals surface area contributed by atoms with Gasteiger partial charge in [-0.2, -0.15) is 0 Å². The topological polar surface area (TPSA) is 215 Å². The van der Waals surface area contributed by atoms with Crippen LogP contribution in [0.25, 0.3) is 0 Å². The molecule has 0 aromatic rings. The van der Waals surface area contributed by atoms with Crippen LogP contribution in [0.3, 0.4) is 0 Å². The molecule has 3 heterocycles. The van der Waals surface area contributed by atoms with E-state index in [9.17, 15) is 20.1 Å². The van der Waals surface area contributed by atoms with E-state index in [1.165, 1.54) is 26.2 Å². The van der Waals surface area contributed by atoms with Gasteiger partial charge < -0.3 is 61.7 Å². The molecule has 0 radical (unpaired) electrons. The Hall–Kier alpha value is -1.62. The lowest BCUT2D eigenvalue weighted by Gasteiger charge is -2.46. The van der Waals surface area contributed by atoms with Gasteiger partial charge in [-0.15, -0.1) is 0 Å². The fourth-order valence-electron chi connectivity index (χ4n) is 12.0. The molecule has 0 amide bonds. The number of carbonyl (C=O) groups is 1. The maximum absolute atomic E-state index is 12.4. The predicted molar refractivity (Wildman–Crippen MR) is 242 cm³/mol. The van der Waals surface area contributed by atoms with E-state index in [4.69, 9.17) is 30.4 Å². The first-order chi connectivity index (χ1) is 30.0. The fraction of sp³-hybridized carbons (Fsp3) is 0.958. The molecule has 0 spiro atoms. The van der Waals surface area contributed by atoms with Crippen molar-refractivity contribution in [2.24, 2.45) is 46.0 Å². The van der Waals surface area contributed by atoms with Gasteiger partial charge in [-0.1, -0.05) is 26.2 Å². The molecule has 10 N–H and O–H groups in total. The number of piperidine rings is 2. The molecule has 62 heavy (non-hydrogen) atoms. The minimum Gasteiger partial charge on any atom is -0.462 e. The standard InChI is InChI=1S/C48H88N6O8/c1-3-4-5-11-35(42-28-39(60-31(2)55)29-43(62-42)36-25-41(57)47(58)45(26-36)59-21-17-33-10-7-18-51-30-33)22-34-14-15-40(56)44(23-34)61-38-13-6-12-37(27-38)54-48(50)53-19-8-9-32-16-20-52-46(49)24-32/h32-47,51-52,56-58H,3-30,49H2,1-2H3,(H3,50,53,54)/t32?,33?,34?,35-,36?,37+,38-,39-,40?,41?,42+,43+,44?,45?,46?,47?/m1/s1. The normalized spacial score (nSPS) is 39.2. The lowest BCUT2D eigenvalue weighted by molar-refractivity contribution is -0.190. The van der Waals surface area contributed by atoms with E-state index in [1.807, 2.05) is 0 Å². The quantitative estimate of drug-likeness (QED) is 0.0358. The first-order valence-corrected chi connectivity index (χ1v) is 25.4. The zero-order valence-electron chi connectivity index (χ0n) is 38.5. The molecule has 3 aliphatic heterocycles. The molecule has 14 heteroatoms. The van der Waals surface area contributed by atoms with Gasteiger partial charge in [0.1, 0.15) is 12.2 Å². The number of rotatable bonds is 20. The van der Waals surface area contributed by atoms with E-state index < -0.39 is 24.4 Å². The molecular weight excluding hydrogens is 789 g/mol. The van der Waals surface area contributed by atoms with Crippen LogP contribution in [0.5, 0.6) is 0 Å². The molecule has 3 saturated heterocycles. The number of hydrogen-bond acceptors (Lipinski definition) is 12. The summed E-state index contributed by atoms with van der Waals surface area (Å²) in [5, 5.41) is 43.7. The Morgan fingerprint density at radius 1 is 0.855 bits per heavy atom. The lowest BCUT2D eigenvalue weighted by Crippen LogP contribution is -2.52. The number of esters is 1. The average Bonchev–Trinajstić information content (AvgIpc) is 3.25. The van der Waals surface area contributed by atoms with Crippen molar-refractivity contribution in [3.05, 3.63) is 0 Å². The number of aliphatic hydroxyl groups excluding tert-OH is 3. The van der Waals surface area contributed by atoms with Crippen molar-refractivity contribution in [1.82, 2.24) is 16.0 Å². The Morgan fingerprint density at radius 3 is 2.52 bits per heavy atom. The van der Waals surface area contributed by atoms with Crippen molar-refractivity contribution in [2.45, 2.75) is 229 Å². The summed E-state index contributed by atoms with van der Waals surface area (Å²) in [6.07, 6.45) is 18.4. The molecule has 10 unspecified atom stereocenters. The molecule has 0 aromatic heterocycles. The second-order valence-corrected chi connectivity index (χ2v) is 20.5. The van der Waals surface area contributed by atoms with E-state index in [0.29, 0.717) is 56.0 Å². The molecular formula is C48H88N6O8. The van der Waals surface area contributed by atoms with Gasteiger partial charge in [-0.25, -0.2) is 0 Å². The average molecular weight is 877 g/mol. The van der Waals surface area contributed by atoms with Crippen LogP contribution in [0.1, 0.15) is 162 Å². The van der Waals surface area contributed by atoms with E-state index in [0.717, 1.165) is 129 Å². The largest absolute Gasteiger partial charge is 0.462 e. The molecule has 3 aliphatic carbocycles. The van der Waals surface area contributed by atoms with E-state index in [1.54, 1.807) is 0 Å². The molecule has 3 saturated carbocycles. The third-order valence-corrected chi connectivity index (χ3v) is 15.5. The number of aliphatic hydroxyl groups is 3. The number of guanidine groups is 1. The number of carbonyl (C=O) groups excluding carboxylic acids is 1. The highest BCUT2D eigenvalue weighted by Crippen LogP contribution is 2.42. The van der Waals surface area contributed by atoms with Crippen LogP contribution in [0.15, 0.2) is 4.99 Å². The summed E-state index contributed by atoms with van der Waals surface area (Å²) in [5.74, 6) is 2.10. The Bertz CT molecular complexity index is 1330. The first kappa shape index (κ1) is 49.8. The zero-order chi connectivity index (χ0) is 43.8. The predicted octanol–water partition coefficient (Wildman–Crippen LogP) is 4.79. The van der Waals surface area contributed by atoms with Crippen molar-refractivity contribution >= 4 is 11.9 Å². The smallest absolute Gasteiger partial charge is 0.302 e. The van der Waals surface area contributed by atoms with Crippen LogP contribution < -0.4 is 27.4 Å². The molecule has 14 nitrogen and oxygen atoms in total. The van der Waals surface area contributed by atoms with Crippen LogP contribution in [-0.4, -0.2) is 127 Å². The summed E-state index contributed by atoms with van der Waals surface area (Å²) < 4.78 is 26.2. The maximum atomic E-state index is 12.4. The van der Waals surface area contributed by atoms with Gasteiger partial charge in [0.05, 0.1) is 48.9 Å². The van der Waals surface area contributed by atoms with Crippen molar-refractivity contribution in [2.75, 3.05) is 32.8 Å². The highest BCUT2D eigenvalue weighted by atomic mass is 16.6. The zero-order valence-corrected chi connectivity index (χ0v) is 38.5. The van der Waals surface area contributed by atoms with E-state index >= 15 is 0 Å². The molecule has 6 fully saturated rings. The van der Waals surface area contributed by atoms with Gasteiger partial charge in [0, 0.05) is 39.0 Å². The van der Waals surface area contributed by atoms with E-state index in [2.05, 4.69) is 27.9 Å². The second-order valence-electron chi connectivity index (χ2n) is 20.5. The number of hydrogen-bond donors (Lipinski definition) is 8. The third kappa shape index (κ3) is 16.1. The lowest BCUT2D eigenvalue weighted by atomic mass is 9.74. The molecule has 0 bridgehead atoms. The summed E-state index contributed by atoms with van der Waals surface area (Å²) in [7, 11) is 0. The summed E-state index contributed by atoms with van der Waals surface area (Å²) >= 11 is 0. The van der Waals surface area contributed by atoms with Crippen LogP contribution in [-0.2, 0) is 23.7 Å². The Morgan fingerprint density at radius 2 is 1.73 bits per heavy atom. The number of unbranched alkanes of at least 4 members (excludes halogenated alkanes) is 2. The van der Waals surface area contributed by atoms with Crippen LogP contribution in [0.2, 0.25) is 0 Å². The molecule has 16 atom stereocenters. The van der Waals surface area contributed by atoms with Crippen LogP contribution in [0.4, 0.5) is 0 Å². The molecule has 358 valence electrons. The van der Waals surface area contributed by atoms with Crippen molar-refractivity contribution in [3.8, 4) is 0 Å². The summed E-state index contributed by atoms with van der Waals surface area (Å²) in [4.78, 5) is 17.0. The minimum absolute atomic E-state index is 0.0194. The Labute approximate surface area is 373 Å². The highest BCUT2D eigenvalue weighted by Gasteiger charge is 2.45. The number of nitrogens with zero attached hydrogens (tertiary/aromatic N) is 1. The van der Waals surface area contributed by atoms with Crippen LogP contribution >= 0.6 is 0 Å². The van der Waals surface area contributed by atoms with Crippen LogP contribution in [0, 0.1) is 29.6 Å². The van der Waals surface area contributed by atoms with Gasteiger partial charge >= 0.3 is 5.97 Å². The molecule has 6 aliphatic rings. The number of aliphatic imine (C=N–C) groups is 1. The molecule has 6 rings (SSSR count). The maximum Gasteiger partial charge on any atom is 0.302 e. The number of nitrogens with two attached hydrogens (primary N) is 2. The Kier molecular flexibility index (Phi) is 20.8. The fourth-order valence-corrected chi connectivity index (χ4v) is 12.0. The van der Waals surface area contributed by atoms with E-state index in [-0.39, 0.29) is 60.5 Å². The minimum atomic E-state index is -0.925. The van der Waals surface area contributed by atoms with Gasteiger partial charge in [0.2, 0.25) is 0 Å². The first-order valence-electron chi connectivity index (χ1n) is 25.4.